The van der Waals surface area contributed by atoms with Gasteiger partial charge in [-0.3, -0.25) is 4.79 Å². The van der Waals surface area contributed by atoms with Crippen molar-refractivity contribution in [3.63, 3.8) is 0 Å². The highest BCUT2D eigenvalue weighted by Crippen LogP contribution is 2.23. The molecule has 0 amide bonds. The number of rotatable bonds is 3. The molecule has 0 fully saturated rings. The molecule has 0 spiro atoms. The zero-order valence-corrected chi connectivity index (χ0v) is 13.6. The van der Waals surface area contributed by atoms with Gasteiger partial charge in [0.1, 0.15) is 15.2 Å². The maximum Gasteiger partial charge on any atom is 0.264 e. The van der Waals surface area contributed by atoms with Crippen LogP contribution < -0.4 is 5.56 Å². The summed E-state index contributed by atoms with van der Waals surface area (Å²) >= 11 is 5.03. The molecule has 0 saturated heterocycles. The Hall–Kier alpha value is -0.800. The van der Waals surface area contributed by atoms with Crippen molar-refractivity contribution in [2.24, 2.45) is 0 Å². The fraction of sp³-hybridized carbons (Fsp3) is 0.167. The number of nitrogens with zero attached hydrogens (tertiary/aromatic N) is 1. The van der Waals surface area contributed by atoms with Crippen molar-refractivity contribution in [2.75, 3.05) is 7.11 Å². The molecule has 100 valence electrons. The summed E-state index contributed by atoms with van der Waals surface area (Å²) in [6.07, 6.45) is 0. The number of aromatic amines is 1. The van der Waals surface area contributed by atoms with Gasteiger partial charge < -0.3 is 9.72 Å². The number of H-pyrrole nitrogens is 1. The molecular weight excluding hydrogens is 430 g/mol. The molecule has 4 nitrogen and oxygen atoms in total. The van der Waals surface area contributed by atoms with Gasteiger partial charge in [0.2, 0.25) is 0 Å². The van der Waals surface area contributed by atoms with Crippen molar-refractivity contribution < 1.29 is 9.13 Å². The molecule has 0 aliphatic rings. The molecule has 0 bridgehead atoms. The van der Waals surface area contributed by atoms with Gasteiger partial charge in [0, 0.05) is 12.7 Å². The van der Waals surface area contributed by atoms with Gasteiger partial charge in [0.25, 0.3) is 5.56 Å². The third kappa shape index (κ3) is 3.21. The Morgan fingerprint density at radius 3 is 2.89 bits per heavy atom. The van der Waals surface area contributed by atoms with Gasteiger partial charge >= 0.3 is 0 Å². The number of methoxy groups -OCH3 is 1. The van der Waals surface area contributed by atoms with Crippen LogP contribution in [-0.4, -0.2) is 17.1 Å². The Morgan fingerprint density at radius 2 is 2.26 bits per heavy atom. The van der Waals surface area contributed by atoms with Crippen LogP contribution in [-0.2, 0) is 11.3 Å². The summed E-state index contributed by atoms with van der Waals surface area (Å²) in [5.41, 5.74) is 0.944. The first-order chi connectivity index (χ1) is 9.02. The van der Waals surface area contributed by atoms with E-state index in [0.29, 0.717) is 25.1 Å². The second-order valence-electron chi connectivity index (χ2n) is 3.74. The van der Waals surface area contributed by atoms with Gasteiger partial charge in [-0.2, -0.15) is 0 Å². The fourth-order valence-corrected chi connectivity index (χ4v) is 2.31. The van der Waals surface area contributed by atoms with Gasteiger partial charge in [0.05, 0.1) is 16.8 Å². The first kappa shape index (κ1) is 14.6. The van der Waals surface area contributed by atoms with Gasteiger partial charge in [-0.15, -0.1) is 0 Å². The Balaban J connectivity index is 2.56. The maximum absolute atomic E-state index is 13.2. The third-order valence-corrected chi connectivity index (χ3v) is 4.13. The van der Waals surface area contributed by atoms with E-state index < -0.39 is 0 Å². The van der Waals surface area contributed by atoms with E-state index in [1.165, 1.54) is 13.2 Å². The van der Waals surface area contributed by atoms with Crippen molar-refractivity contribution in [1.82, 2.24) is 9.97 Å². The number of nitrogens with one attached hydrogen (secondary N) is 1. The molecule has 0 unspecified atom stereocenters. The second-order valence-corrected chi connectivity index (χ2v) is 5.67. The second kappa shape index (κ2) is 6.10. The minimum absolute atomic E-state index is 0.238. The number of hydrogen-bond acceptors (Lipinski definition) is 3. The van der Waals surface area contributed by atoms with Gasteiger partial charge in [-0.05, 0) is 56.7 Å². The van der Waals surface area contributed by atoms with Crippen LogP contribution in [0, 0.1) is 9.39 Å². The monoisotopic (exact) mass is 438 g/mol. The van der Waals surface area contributed by atoms with Crippen molar-refractivity contribution in [2.45, 2.75) is 6.61 Å². The summed E-state index contributed by atoms with van der Waals surface area (Å²) in [4.78, 5) is 18.8. The average Bonchev–Trinajstić information content (AvgIpc) is 2.38. The highest BCUT2D eigenvalue weighted by atomic mass is 127. The van der Waals surface area contributed by atoms with E-state index in [1.807, 2.05) is 22.6 Å². The third-order valence-electron chi connectivity index (χ3n) is 2.41. The van der Waals surface area contributed by atoms with E-state index in [0.717, 1.165) is 0 Å². The molecule has 1 N–H and O–H groups in total. The molecule has 19 heavy (non-hydrogen) atoms. The number of ether oxygens (including phenoxy) is 1. The predicted molar refractivity (Wildman–Crippen MR) is 81.4 cm³/mol. The van der Waals surface area contributed by atoms with E-state index in [4.69, 9.17) is 4.74 Å². The molecule has 1 aromatic heterocycles. The van der Waals surface area contributed by atoms with Crippen LogP contribution in [0.3, 0.4) is 0 Å². The van der Waals surface area contributed by atoms with Crippen LogP contribution in [0.25, 0.3) is 11.4 Å². The molecule has 0 aliphatic carbocycles. The van der Waals surface area contributed by atoms with Crippen molar-refractivity contribution >= 4 is 38.5 Å². The summed E-state index contributed by atoms with van der Waals surface area (Å²) in [5.74, 6) is 0.0203. The van der Waals surface area contributed by atoms with Crippen LogP contribution in [0.4, 0.5) is 4.39 Å². The zero-order chi connectivity index (χ0) is 14.0. The van der Waals surface area contributed by atoms with E-state index in [1.54, 1.807) is 12.1 Å². The Kier molecular flexibility index (Phi) is 4.69. The van der Waals surface area contributed by atoms with E-state index in [9.17, 15) is 9.18 Å². The van der Waals surface area contributed by atoms with Gasteiger partial charge in [-0.25, -0.2) is 9.37 Å². The van der Waals surface area contributed by atoms with E-state index >= 15 is 0 Å². The molecule has 1 heterocycles. The van der Waals surface area contributed by atoms with Crippen LogP contribution in [0.15, 0.2) is 27.5 Å². The maximum atomic E-state index is 13.2. The summed E-state index contributed by atoms with van der Waals surface area (Å²) in [6.45, 7) is 0.248. The first-order valence-corrected chi connectivity index (χ1v) is 7.13. The Bertz CT molecular complexity index is 675. The van der Waals surface area contributed by atoms with Crippen molar-refractivity contribution in [3.05, 3.63) is 48.1 Å². The van der Waals surface area contributed by atoms with Crippen LogP contribution in [0.1, 0.15) is 5.69 Å². The van der Waals surface area contributed by atoms with Crippen LogP contribution in [0.5, 0.6) is 0 Å². The molecule has 1 aromatic carbocycles. The highest BCUT2D eigenvalue weighted by molar-refractivity contribution is 14.1. The number of hydrogen-bond donors (Lipinski definition) is 1. The molecule has 2 rings (SSSR count). The van der Waals surface area contributed by atoms with Crippen LogP contribution >= 0.6 is 38.5 Å². The molecule has 0 aliphatic heterocycles. The summed E-state index contributed by atoms with van der Waals surface area (Å²) in [7, 11) is 1.53. The molecule has 0 saturated carbocycles. The first-order valence-electron chi connectivity index (χ1n) is 5.26. The lowest BCUT2D eigenvalue weighted by Crippen LogP contribution is -2.16. The zero-order valence-electron chi connectivity index (χ0n) is 9.84. The Morgan fingerprint density at radius 1 is 1.53 bits per heavy atom. The number of aromatic nitrogens is 2. The SMILES string of the molecule is COCc1nc(-c2ccc(F)c(Br)c2)[nH]c(=O)c1I. The molecule has 0 radical (unpaired) electrons. The number of benzene rings is 1. The lowest BCUT2D eigenvalue weighted by atomic mass is 10.2. The quantitative estimate of drug-likeness (QED) is 0.749. The molecule has 0 atom stereocenters. The minimum Gasteiger partial charge on any atom is -0.378 e. The normalized spacial score (nSPS) is 10.7. The van der Waals surface area contributed by atoms with E-state index in [-0.39, 0.29) is 18.0 Å². The van der Waals surface area contributed by atoms with Gasteiger partial charge in [-0.1, -0.05) is 0 Å². The standard InChI is InChI=1S/C12H9BrFIN2O2/c1-19-5-9-10(15)12(18)17-11(16-9)6-2-3-8(14)7(13)4-6/h2-4H,5H2,1H3,(H,16,17,18). The molecule has 2 aromatic rings. The molecular formula is C12H9BrFIN2O2. The summed E-state index contributed by atoms with van der Waals surface area (Å²) in [5, 5.41) is 0. The summed E-state index contributed by atoms with van der Waals surface area (Å²) in [6, 6.07) is 4.44. The topological polar surface area (TPSA) is 55.0 Å². The average molecular weight is 439 g/mol. The van der Waals surface area contributed by atoms with Gasteiger partial charge in [0.15, 0.2) is 0 Å². The predicted octanol–water partition coefficient (Wildman–Crippen LogP) is 3.09. The molecule has 7 heteroatoms. The lowest BCUT2D eigenvalue weighted by molar-refractivity contribution is 0.180. The summed E-state index contributed by atoms with van der Waals surface area (Å²) < 4.78 is 19.0. The highest BCUT2D eigenvalue weighted by Gasteiger charge is 2.11. The largest absolute Gasteiger partial charge is 0.378 e. The van der Waals surface area contributed by atoms with E-state index in [2.05, 4.69) is 25.9 Å². The smallest absolute Gasteiger partial charge is 0.264 e. The lowest BCUT2D eigenvalue weighted by Gasteiger charge is -2.06. The van der Waals surface area contributed by atoms with Crippen molar-refractivity contribution in [1.29, 1.82) is 0 Å². The number of halogens is 3. The Labute approximate surface area is 130 Å². The minimum atomic E-state index is -0.367. The van der Waals surface area contributed by atoms with Crippen molar-refractivity contribution in [3.8, 4) is 11.4 Å². The van der Waals surface area contributed by atoms with Crippen LogP contribution in [0.2, 0.25) is 0 Å². The fourth-order valence-electron chi connectivity index (χ4n) is 1.52.